The molecule has 0 bridgehead atoms. The zero-order chi connectivity index (χ0) is 30.6. The second kappa shape index (κ2) is 35.8. The van der Waals surface area contributed by atoms with Gasteiger partial charge in [-0.05, 0) is 19.3 Å². The molecule has 1 N–H and O–H groups in total. The van der Waals surface area contributed by atoms with E-state index in [0.717, 1.165) is 13.0 Å². The lowest BCUT2D eigenvalue weighted by atomic mass is 10.1. The van der Waals surface area contributed by atoms with Crippen LogP contribution in [0.2, 0.25) is 0 Å². The van der Waals surface area contributed by atoms with E-state index < -0.39 is 5.97 Å². The molecule has 0 amide bonds. The average Bonchev–Trinajstić information content (AvgIpc) is 2.98. The van der Waals surface area contributed by atoms with Gasteiger partial charge in [-0.25, -0.2) is 0 Å². The molecule has 250 valence electrons. The van der Waals surface area contributed by atoms with E-state index in [1.807, 2.05) is 0 Å². The van der Waals surface area contributed by atoms with Gasteiger partial charge < -0.3 is 47.7 Å². The van der Waals surface area contributed by atoms with Crippen LogP contribution in [0.4, 0.5) is 0 Å². The highest BCUT2D eigenvalue weighted by Crippen LogP contribution is 2.05. The van der Waals surface area contributed by atoms with Gasteiger partial charge in [-0.2, -0.15) is 0 Å². The van der Waals surface area contributed by atoms with Crippen LogP contribution in [-0.4, -0.2) is 129 Å². The van der Waals surface area contributed by atoms with E-state index in [1.54, 1.807) is 0 Å². The Kier molecular flexibility index (Phi) is 34.6. The Morgan fingerprint density at radius 2 is 0.738 bits per heavy atom. The summed E-state index contributed by atoms with van der Waals surface area (Å²) in [5.41, 5.74) is 0. The van der Waals surface area contributed by atoms with E-state index in [0.29, 0.717) is 112 Å². The average molecular weight is 611 g/mol. The van der Waals surface area contributed by atoms with Gasteiger partial charge in [0.2, 0.25) is 0 Å². The van der Waals surface area contributed by atoms with Crippen LogP contribution in [0.1, 0.15) is 71.1 Å². The largest absolute Gasteiger partial charge is 0.481 e. The molecule has 0 rings (SSSR count). The van der Waals surface area contributed by atoms with Crippen molar-refractivity contribution in [3.05, 3.63) is 0 Å². The van der Waals surface area contributed by atoms with Crippen LogP contribution in [0.15, 0.2) is 0 Å². The predicted molar refractivity (Wildman–Crippen MR) is 157 cm³/mol. The Hall–Kier alpha value is -1.38. The molecule has 0 radical (unpaired) electrons. The molecule has 12 nitrogen and oxygen atoms in total. The van der Waals surface area contributed by atoms with E-state index in [4.69, 9.17) is 47.7 Å². The van der Waals surface area contributed by atoms with Crippen molar-refractivity contribution in [2.75, 3.05) is 112 Å². The number of unbranched alkanes of at least 4 members (excludes halogenated alkanes) is 6. The quantitative estimate of drug-likeness (QED) is 0.0818. The maximum Gasteiger partial charge on any atom is 0.305 e. The molecule has 0 aromatic heterocycles. The third-order valence-corrected chi connectivity index (χ3v) is 5.76. The fraction of sp³-hybridized carbons (Fsp3) is 0.933. The van der Waals surface area contributed by atoms with Gasteiger partial charge in [0, 0.05) is 19.4 Å². The summed E-state index contributed by atoms with van der Waals surface area (Å²) < 4.78 is 48.6. The highest BCUT2D eigenvalue weighted by Gasteiger charge is 2.04. The van der Waals surface area contributed by atoms with Crippen LogP contribution >= 0.6 is 0 Å². The third kappa shape index (κ3) is 36.6. The number of ether oxygens (including phenoxy) is 9. The monoisotopic (exact) mass is 610 g/mol. The highest BCUT2D eigenvalue weighted by atomic mass is 16.6. The SMILES string of the molecule is CCCCCCCCOCCOCCOCCOCCOCCOCCOCCOCCOC(=O)CCCCC(=O)O. The number of aliphatic carboxylic acids is 1. The molecule has 12 heteroatoms. The van der Waals surface area contributed by atoms with Gasteiger partial charge in [-0.1, -0.05) is 39.0 Å². The van der Waals surface area contributed by atoms with E-state index in [-0.39, 0.29) is 25.4 Å². The number of esters is 1. The van der Waals surface area contributed by atoms with Gasteiger partial charge in [-0.15, -0.1) is 0 Å². The third-order valence-electron chi connectivity index (χ3n) is 5.76. The van der Waals surface area contributed by atoms with Crippen molar-refractivity contribution in [3.8, 4) is 0 Å². The molecule has 0 spiro atoms. The second-order valence-corrected chi connectivity index (χ2v) is 9.49. The van der Waals surface area contributed by atoms with Crippen molar-refractivity contribution in [2.45, 2.75) is 71.1 Å². The first kappa shape index (κ1) is 40.6. The van der Waals surface area contributed by atoms with Crippen molar-refractivity contribution >= 4 is 11.9 Å². The smallest absolute Gasteiger partial charge is 0.305 e. The number of carboxylic acids is 1. The Morgan fingerprint density at radius 3 is 1.14 bits per heavy atom. The van der Waals surface area contributed by atoms with Gasteiger partial charge in [0.25, 0.3) is 0 Å². The van der Waals surface area contributed by atoms with Crippen molar-refractivity contribution in [1.29, 1.82) is 0 Å². The lowest BCUT2D eigenvalue weighted by Crippen LogP contribution is -2.15. The van der Waals surface area contributed by atoms with Gasteiger partial charge in [-0.3, -0.25) is 9.59 Å². The lowest BCUT2D eigenvalue weighted by molar-refractivity contribution is -0.146. The van der Waals surface area contributed by atoms with Crippen LogP contribution < -0.4 is 0 Å². The summed E-state index contributed by atoms with van der Waals surface area (Å²) in [7, 11) is 0. The maximum absolute atomic E-state index is 11.5. The van der Waals surface area contributed by atoms with Crippen molar-refractivity contribution in [1.82, 2.24) is 0 Å². The summed E-state index contributed by atoms with van der Waals surface area (Å²) in [6.45, 7) is 10.6. The molecule has 0 fully saturated rings. The Labute approximate surface area is 252 Å². The fourth-order valence-corrected chi connectivity index (χ4v) is 3.46. The minimum atomic E-state index is -0.858. The number of rotatable bonds is 36. The maximum atomic E-state index is 11.5. The number of hydrogen-bond donors (Lipinski definition) is 1. The van der Waals surface area contributed by atoms with Crippen LogP contribution in [-0.2, 0) is 52.2 Å². The molecule has 0 aromatic rings. The van der Waals surface area contributed by atoms with Crippen molar-refractivity contribution < 1.29 is 57.3 Å². The number of hydrogen-bond acceptors (Lipinski definition) is 11. The minimum Gasteiger partial charge on any atom is -0.481 e. The molecule has 42 heavy (non-hydrogen) atoms. The molecule has 0 aliphatic rings. The first-order chi connectivity index (χ1) is 20.7. The zero-order valence-electron chi connectivity index (χ0n) is 26.0. The summed E-state index contributed by atoms with van der Waals surface area (Å²) in [5.74, 6) is -1.20. The second-order valence-electron chi connectivity index (χ2n) is 9.49. The summed E-state index contributed by atoms with van der Waals surface area (Å²) in [6.07, 6.45) is 8.90. The van der Waals surface area contributed by atoms with E-state index in [2.05, 4.69) is 6.92 Å². The zero-order valence-corrected chi connectivity index (χ0v) is 26.0. The molecule has 0 aromatic carbocycles. The molecule has 0 heterocycles. The van der Waals surface area contributed by atoms with E-state index in [1.165, 1.54) is 32.1 Å². The molecule has 0 saturated carbocycles. The van der Waals surface area contributed by atoms with Crippen LogP contribution in [0, 0.1) is 0 Å². The molecular formula is C30H58O12. The summed E-state index contributed by atoms with van der Waals surface area (Å²) in [5, 5.41) is 8.54. The van der Waals surface area contributed by atoms with Gasteiger partial charge >= 0.3 is 11.9 Å². The Bertz CT molecular complexity index is 564. The minimum absolute atomic E-state index is 0.0653. The number of carbonyl (C=O) groups excluding carboxylic acids is 1. The Morgan fingerprint density at radius 1 is 0.405 bits per heavy atom. The van der Waals surface area contributed by atoms with E-state index >= 15 is 0 Å². The van der Waals surface area contributed by atoms with Crippen molar-refractivity contribution in [3.63, 3.8) is 0 Å². The molecule has 0 aliphatic carbocycles. The summed E-state index contributed by atoms with van der Waals surface area (Å²) in [4.78, 5) is 21.9. The van der Waals surface area contributed by atoms with E-state index in [9.17, 15) is 9.59 Å². The number of carboxylic acid groups (broad SMARTS) is 1. The van der Waals surface area contributed by atoms with Gasteiger partial charge in [0.1, 0.15) is 6.61 Å². The topological polar surface area (TPSA) is 137 Å². The van der Waals surface area contributed by atoms with Crippen LogP contribution in [0.5, 0.6) is 0 Å². The first-order valence-corrected chi connectivity index (χ1v) is 15.7. The van der Waals surface area contributed by atoms with Gasteiger partial charge in [0.05, 0.1) is 99.1 Å². The summed E-state index contributed by atoms with van der Waals surface area (Å²) >= 11 is 0. The lowest BCUT2D eigenvalue weighted by Gasteiger charge is -2.09. The summed E-state index contributed by atoms with van der Waals surface area (Å²) in [6, 6.07) is 0. The van der Waals surface area contributed by atoms with Gasteiger partial charge in [0.15, 0.2) is 0 Å². The van der Waals surface area contributed by atoms with Crippen molar-refractivity contribution in [2.24, 2.45) is 0 Å². The highest BCUT2D eigenvalue weighted by molar-refractivity contribution is 5.69. The van der Waals surface area contributed by atoms with Crippen LogP contribution in [0.25, 0.3) is 0 Å². The fourth-order valence-electron chi connectivity index (χ4n) is 3.46. The first-order valence-electron chi connectivity index (χ1n) is 15.7. The molecule has 0 atom stereocenters. The molecular weight excluding hydrogens is 552 g/mol. The normalized spacial score (nSPS) is 11.3. The molecule has 0 unspecified atom stereocenters. The Balaban J connectivity index is 3.09. The molecule has 0 saturated heterocycles. The number of carbonyl (C=O) groups is 2. The predicted octanol–water partition coefficient (Wildman–Crippen LogP) is 3.67. The molecule has 0 aliphatic heterocycles. The standard InChI is InChI=1S/C30H58O12/c1-2-3-4-5-6-9-12-34-13-14-35-15-16-36-17-18-37-19-20-38-21-22-39-23-24-40-25-26-41-27-28-42-30(33)11-8-7-10-29(31)32/h2-28H2,1H3,(H,31,32). The van der Waals surface area contributed by atoms with Crippen LogP contribution in [0.3, 0.4) is 0 Å².